The van der Waals surface area contributed by atoms with E-state index >= 15 is 0 Å². The zero-order chi connectivity index (χ0) is 19.2. The van der Waals surface area contributed by atoms with Crippen molar-refractivity contribution in [1.29, 1.82) is 0 Å². The largest absolute Gasteiger partial charge is 0.326 e. The molecule has 27 heavy (non-hydrogen) atoms. The van der Waals surface area contributed by atoms with Crippen molar-refractivity contribution >= 4 is 51.7 Å². The molecule has 3 rings (SSSR count). The highest BCUT2D eigenvalue weighted by atomic mass is 35.5. The number of carbonyl (C=O) groups excluding carboxylic acids is 2. The van der Waals surface area contributed by atoms with Crippen molar-refractivity contribution in [3.8, 4) is 0 Å². The van der Waals surface area contributed by atoms with Gasteiger partial charge in [-0.15, -0.1) is 0 Å². The van der Waals surface area contributed by atoms with E-state index in [1.54, 1.807) is 29.2 Å². The lowest BCUT2D eigenvalue weighted by Gasteiger charge is -2.15. The fourth-order valence-electron chi connectivity index (χ4n) is 2.68. The summed E-state index contributed by atoms with van der Waals surface area (Å²) in [4.78, 5) is 31.4. The summed E-state index contributed by atoms with van der Waals surface area (Å²) in [5, 5.41) is 3.59. The maximum atomic E-state index is 12.8. The minimum atomic E-state index is -0.466. The summed E-state index contributed by atoms with van der Waals surface area (Å²) in [5.74, 6) is -0.275. The van der Waals surface area contributed by atoms with Crippen LogP contribution in [0, 0.1) is 0 Å². The SMILES string of the molecule is CCCN1C(=O)[C@@H](CC(=O)Nc2ccc(Cl)cc2)SC1=Nc1ccccc1. The minimum Gasteiger partial charge on any atom is -0.326 e. The van der Waals surface area contributed by atoms with Gasteiger partial charge in [-0.2, -0.15) is 0 Å². The number of benzene rings is 2. The number of hydrogen-bond acceptors (Lipinski definition) is 4. The lowest BCUT2D eigenvalue weighted by Crippen LogP contribution is -2.34. The number of nitrogens with zero attached hydrogens (tertiary/aromatic N) is 2. The molecule has 0 bridgehead atoms. The van der Waals surface area contributed by atoms with Crippen molar-refractivity contribution in [1.82, 2.24) is 4.90 Å². The van der Waals surface area contributed by atoms with Crippen LogP contribution >= 0.6 is 23.4 Å². The molecule has 1 atom stereocenters. The zero-order valence-electron chi connectivity index (χ0n) is 14.9. The molecule has 5 nitrogen and oxygen atoms in total. The minimum absolute atomic E-state index is 0.0669. The van der Waals surface area contributed by atoms with Crippen LogP contribution in [-0.2, 0) is 9.59 Å². The average Bonchev–Trinajstić information content (AvgIpc) is 2.93. The van der Waals surface area contributed by atoms with Gasteiger partial charge in [-0.25, -0.2) is 4.99 Å². The van der Waals surface area contributed by atoms with Gasteiger partial charge in [0.1, 0.15) is 5.25 Å². The Labute approximate surface area is 167 Å². The molecule has 0 saturated carbocycles. The van der Waals surface area contributed by atoms with Gasteiger partial charge in [-0.05, 0) is 42.8 Å². The van der Waals surface area contributed by atoms with E-state index in [1.807, 2.05) is 37.3 Å². The van der Waals surface area contributed by atoms with Gasteiger partial charge in [0.05, 0.1) is 5.69 Å². The standard InChI is InChI=1S/C20H20ClN3O2S/c1-2-12-24-19(26)17(27-20(24)23-15-6-4-3-5-7-15)13-18(25)22-16-10-8-14(21)9-11-16/h3-11,17H,2,12-13H2,1H3,(H,22,25)/t17-/m1/s1. The molecule has 2 aromatic rings. The topological polar surface area (TPSA) is 61.8 Å². The summed E-state index contributed by atoms with van der Waals surface area (Å²) in [7, 11) is 0. The van der Waals surface area contributed by atoms with E-state index in [0.29, 0.717) is 22.4 Å². The third kappa shape index (κ3) is 5.11. The van der Waals surface area contributed by atoms with E-state index in [2.05, 4.69) is 10.3 Å². The number of hydrogen-bond donors (Lipinski definition) is 1. The van der Waals surface area contributed by atoms with Gasteiger partial charge in [0.15, 0.2) is 5.17 Å². The summed E-state index contributed by atoms with van der Waals surface area (Å²) in [5.41, 5.74) is 1.45. The monoisotopic (exact) mass is 401 g/mol. The molecule has 0 aliphatic carbocycles. The first kappa shape index (κ1) is 19.5. The lowest BCUT2D eigenvalue weighted by molar-refractivity contribution is -0.128. The number of anilines is 1. The predicted octanol–water partition coefficient (Wildman–Crippen LogP) is 4.71. The summed E-state index contributed by atoms with van der Waals surface area (Å²) in [6.07, 6.45) is 0.921. The summed E-state index contributed by atoms with van der Waals surface area (Å²) in [6.45, 7) is 2.60. The molecule has 1 heterocycles. The molecular weight excluding hydrogens is 382 g/mol. The molecule has 0 spiro atoms. The quantitative estimate of drug-likeness (QED) is 0.762. The van der Waals surface area contributed by atoms with Crippen molar-refractivity contribution in [3.63, 3.8) is 0 Å². The van der Waals surface area contributed by atoms with E-state index in [4.69, 9.17) is 11.6 Å². The van der Waals surface area contributed by atoms with Crippen LogP contribution in [0.2, 0.25) is 5.02 Å². The van der Waals surface area contributed by atoms with Crippen LogP contribution in [0.5, 0.6) is 0 Å². The van der Waals surface area contributed by atoms with Crippen molar-refractivity contribution in [2.45, 2.75) is 25.0 Å². The van der Waals surface area contributed by atoms with E-state index < -0.39 is 5.25 Å². The fraction of sp³-hybridized carbons (Fsp3) is 0.250. The Morgan fingerprint density at radius 2 is 1.89 bits per heavy atom. The Morgan fingerprint density at radius 1 is 1.19 bits per heavy atom. The van der Waals surface area contributed by atoms with Crippen LogP contribution in [0.3, 0.4) is 0 Å². The smallest absolute Gasteiger partial charge is 0.242 e. The second-order valence-electron chi connectivity index (χ2n) is 6.09. The molecule has 2 aromatic carbocycles. The Balaban J connectivity index is 1.70. The van der Waals surface area contributed by atoms with Crippen LogP contribution in [0.25, 0.3) is 0 Å². The average molecular weight is 402 g/mol. The summed E-state index contributed by atoms with van der Waals surface area (Å²) >= 11 is 7.20. The molecule has 1 N–H and O–H groups in total. The maximum absolute atomic E-state index is 12.8. The van der Waals surface area contributed by atoms with Gasteiger partial charge in [-0.1, -0.05) is 48.5 Å². The summed E-state index contributed by atoms with van der Waals surface area (Å²) < 4.78 is 0. The van der Waals surface area contributed by atoms with Gasteiger partial charge in [0.25, 0.3) is 0 Å². The number of carbonyl (C=O) groups is 2. The zero-order valence-corrected chi connectivity index (χ0v) is 16.5. The number of amidine groups is 1. The van der Waals surface area contributed by atoms with E-state index in [0.717, 1.165) is 12.1 Å². The lowest BCUT2D eigenvalue weighted by atomic mass is 10.2. The van der Waals surface area contributed by atoms with Crippen molar-refractivity contribution in [2.75, 3.05) is 11.9 Å². The molecule has 1 aliphatic heterocycles. The normalized spacial score (nSPS) is 18.1. The highest BCUT2D eigenvalue weighted by Crippen LogP contribution is 2.32. The van der Waals surface area contributed by atoms with Crippen molar-refractivity contribution < 1.29 is 9.59 Å². The molecule has 140 valence electrons. The second-order valence-corrected chi connectivity index (χ2v) is 7.69. The first-order chi connectivity index (χ1) is 13.1. The van der Waals surface area contributed by atoms with Crippen molar-refractivity contribution in [2.24, 2.45) is 4.99 Å². The Hall–Kier alpha value is -2.31. The number of amides is 2. The van der Waals surface area contributed by atoms with Crippen LogP contribution in [0.4, 0.5) is 11.4 Å². The molecular formula is C20H20ClN3O2S. The van der Waals surface area contributed by atoms with Crippen LogP contribution in [0.15, 0.2) is 59.6 Å². The maximum Gasteiger partial charge on any atom is 0.242 e. The molecule has 1 saturated heterocycles. The third-order valence-corrected chi connectivity index (χ3v) is 5.37. The molecule has 2 amide bonds. The number of nitrogens with one attached hydrogen (secondary N) is 1. The van der Waals surface area contributed by atoms with Gasteiger partial charge >= 0.3 is 0 Å². The highest BCUT2D eigenvalue weighted by Gasteiger charge is 2.38. The predicted molar refractivity (Wildman–Crippen MR) is 112 cm³/mol. The van der Waals surface area contributed by atoms with Gasteiger partial charge < -0.3 is 5.32 Å². The number of para-hydroxylation sites is 1. The molecule has 1 fully saturated rings. The van der Waals surface area contributed by atoms with Crippen LogP contribution in [-0.4, -0.2) is 33.7 Å². The van der Waals surface area contributed by atoms with Crippen LogP contribution in [0.1, 0.15) is 19.8 Å². The molecule has 0 aromatic heterocycles. The van der Waals surface area contributed by atoms with Gasteiger partial charge in [0, 0.05) is 23.7 Å². The van der Waals surface area contributed by atoms with Gasteiger partial charge in [0.2, 0.25) is 11.8 Å². The molecule has 1 aliphatic rings. The summed E-state index contributed by atoms with van der Waals surface area (Å²) in [6, 6.07) is 16.4. The van der Waals surface area contributed by atoms with E-state index in [-0.39, 0.29) is 18.2 Å². The van der Waals surface area contributed by atoms with E-state index in [9.17, 15) is 9.59 Å². The third-order valence-electron chi connectivity index (χ3n) is 3.95. The number of halogens is 1. The van der Waals surface area contributed by atoms with Gasteiger partial charge in [-0.3, -0.25) is 14.5 Å². The highest BCUT2D eigenvalue weighted by molar-refractivity contribution is 8.15. The van der Waals surface area contributed by atoms with Crippen molar-refractivity contribution in [3.05, 3.63) is 59.6 Å². The first-order valence-corrected chi connectivity index (χ1v) is 9.99. The number of rotatable bonds is 6. The second kappa shape index (κ2) is 9.06. The Bertz CT molecular complexity index is 840. The van der Waals surface area contributed by atoms with Crippen LogP contribution < -0.4 is 5.32 Å². The first-order valence-electron chi connectivity index (χ1n) is 8.74. The fourth-order valence-corrected chi connectivity index (χ4v) is 3.99. The Kier molecular flexibility index (Phi) is 6.53. The number of aliphatic imine (C=N–C) groups is 1. The molecule has 0 radical (unpaired) electrons. The van der Waals surface area contributed by atoms with E-state index in [1.165, 1.54) is 11.8 Å². The molecule has 7 heteroatoms. The Morgan fingerprint density at radius 3 is 2.56 bits per heavy atom. The molecule has 0 unspecified atom stereocenters. The number of thioether (sulfide) groups is 1.